The van der Waals surface area contributed by atoms with Gasteiger partial charge in [-0.1, -0.05) is 19.9 Å². The molecule has 1 aliphatic carbocycles. The van der Waals surface area contributed by atoms with E-state index in [0.717, 1.165) is 55.0 Å². The Hall–Kier alpha value is -3.82. The second-order valence-electron chi connectivity index (χ2n) is 11.9. The van der Waals surface area contributed by atoms with E-state index in [9.17, 15) is 23.5 Å². The van der Waals surface area contributed by atoms with Crippen LogP contribution in [0.3, 0.4) is 0 Å². The number of amides is 2. The molecule has 4 rings (SSSR count). The van der Waals surface area contributed by atoms with Crippen molar-refractivity contribution in [3.63, 3.8) is 0 Å². The number of methoxy groups -OCH3 is 1. The van der Waals surface area contributed by atoms with E-state index in [1.807, 2.05) is 39.0 Å². The monoisotopic (exact) mass is 621 g/mol. The summed E-state index contributed by atoms with van der Waals surface area (Å²) in [6, 6.07) is 13.6. The maximum atomic E-state index is 14.1. The van der Waals surface area contributed by atoms with Gasteiger partial charge in [-0.15, -0.1) is 0 Å². The number of fused-ring (bicyclic) bond motifs is 1. The van der Waals surface area contributed by atoms with Crippen LogP contribution in [0.25, 0.3) is 0 Å². The maximum Gasteiger partial charge on any atom is 0.253 e. The predicted molar refractivity (Wildman–Crippen MR) is 172 cm³/mol. The lowest BCUT2D eigenvalue weighted by Crippen LogP contribution is -2.49. The van der Waals surface area contributed by atoms with Gasteiger partial charge in [0.25, 0.3) is 11.8 Å². The molecule has 0 spiro atoms. The van der Waals surface area contributed by atoms with Crippen molar-refractivity contribution in [1.29, 1.82) is 0 Å². The smallest absolute Gasteiger partial charge is 0.253 e. The minimum absolute atomic E-state index is 0.110. The van der Waals surface area contributed by atoms with Crippen molar-refractivity contribution in [3.05, 3.63) is 99.6 Å². The first-order chi connectivity index (χ1) is 21.6. The average molecular weight is 622 g/mol. The summed E-state index contributed by atoms with van der Waals surface area (Å²) in [7, 11) is 1.61. The number of ether oxygens (including phenoxy) is 1. The Balaban J connectivity index is 1.53. The lowest BCUT2D eigenvalue weighted by molar-refractivity contribution is 0.0755. The van der Waals surface area contributed by atoms with E-state index in [1.165, 1.54) is 17.7 Å². The van der Waals surface area contributed by atoms with E-state index >= 15 is 0 Å². The van der Waals surface area contributed by atoms with Gasteiger partial charge in [-0.25, -0.2) is 8.78 Å². The number of hydrogen-bond acceptors (Lipinski definition) is 5. The number of aliphatic hydroxyl groups excluding tert-OH is 1. The van der Waals surface area contributed by atoms with Gasteiger partial charge in [-0.3, -0.25) is 9.59 Å². The molecule has 0 heterocycles. The molecule has 1 aliphatic rings. The zero-order valence-corrected chi connectivity index (χ0v) is 26.7. The predicted octanol–water partition coefficient (Wildman–Crippen LogP) is 5.91. The number of carbonyl (C=O) groups excluding carboxylic acids is 2. The minimum atomic E-state index is -1.09. The highest BCUT2D eigenvalue weighted by Crippen LogP contribution is 2.33. The summed E-state index contributed by atoms with van der Waals surface area (Å²) >= 11 is 0. The fourth-order valence-corrected chi connectivity index (χ4v) is 6.14. The molecule has 2 amide bonds. The van der Waals surface area contributed by atoms with E-state index in [1.54, 1.807) is 30.2 Å². The van der Waals surface area contributed by atoms with Gasteiger partial charge in [0.1, 0.15) is 17.4 Å². The van der Waals surface area contributed by atoms with Crippen molar-refractivity contribution < 1.29 is 28.2 Å². The molecule has 0 bridgehead atoms. The van der Waals surface area contributed by atoms with Crippen LogP contribution < -0.4 is 15.4 Å². The van der Waals surface area contributed by atoms with Gasteiger partial charge in [0, 0.05) is 48.9 Å². The molecule has 3 aromatic rings. The Morgan fingerprint density at radius 1 is 1.00 bits per heavy atom. The molecule has 0 saturated heterocycles. The lowest BCUT2D eigenvalue weighted by atomic mass is 9.86. The summed E-state index contributed by atoms with van der Waals surface area (Å²) in [5, 5.41) is 17.8. The third kappa shape index (κ3) is 9.11. The summed E-state index contributed by atoms with van der Waals surface area (Å²) in [5.41, 5.74) is 4.18. The molecule has 0 aliphatic heterocycles. The molecule has 3 aromatic carbocycles. The lowest BCUT2D eigenvalue weighted by Gasteiger charge is -2.33. The van der Waals surface area contributed by atoms with Crippen molar-refractivity contribution in [1.82, 2.24) is 15.5 Å². The number of carbonyl (C=O) groups is 2. The standard InChI is InChI=1S/C36H45F2N3O4/c1-5-12-41(13-6-2)36(44)27-15-23(3)14-26(19-27)35(43)39-22-34(42)33(18-24-16-28(37)20-29(38)17-24)40-32-9-7-8-25-10-11-30(45-4)21-31(25)32/h10-11,14-17,19-21,32-34,40,42H,5-9,12-13,18,22H2,1-4H3,(H,39,43)/t32-,33?,34+/m0/s1. The molecule has 3 N–H and O–H groups in total. The van der Waals surface area contributed by atoms with Crippen molar-refractivity contribution in [2.24, 2.45) is 0 Å². The molecule has 1 unspecified atom stereocenters. The molecule has 0 saturated carbocycles. The number of nitrogens with zero attached hydrogens (tertiary/aromatic N) is 1. The molecule has 242 valence electrons. The van der Waals surface area contributed by atoms with E-state index in [0.29, 0.717) is 29.8 Å². The van der Waals surface area contributed by atoms with Crippen LogP contribution in [-0.2, 0) is 12.8 Å². The summed E-state index contributed by atoms with van der Waals surface area (Å²) in [6.45, 7) is 7.04. The minimum Gasteiger partial charge on any atom is -0.497 e. The highest BCUT2D eigenvalue weighted by atomic mass is 19.1. The summed E-state index contributed by atoms with van der Waals surface area (Å²) < 4.78 is 33.6. The summed E-state index contributed by atoms with van der Waals surface area (Å²) in [5.74, 6) is -1.20. The topological polar surface area (TPSA) is 90.9 Å². The molecule has 0 radical (unpaired) electrons. The molecule has 7 nitrogen and oxygen atoms in total. The quantitative estimate of drug-likeness (QED) is 0.208. The Labute approximate surface area is 265 Å². The number of nitrogens with one attached hydrogen (secondary N) is 2. The normalized spacial score (nSPS) is 15.6. The first kappa shape index (κ1) is 34.1. The van der Waals surface area contributed by atoms with Crippen LogP contribution in [0.4, 0.5) is 8.78 Å². The van der Waals surface area contributed by atoms with Gasteiger partial charge in [-0.05, 0) is 110 Å². The highest BCUT2D eigenvalue weighted by Gasteiger charge is 2.28. The Morgan fingerprint density at radius 2 is 1.69 bits per heavy atom. The number of aliphatic hydroxyl groups is 1. The maximum absolute atomic E-state index is 14.1. The number of aryl methyl sites for hydroxylation is 2. The summed E-state index contributed by atoms with van der Waals surface area (Å²) in [4.78, 5) is 28.3. The van der Waals surface area contributed by atoms with Gasteiger partial charge < -0.3 is 25.4 Å². The Kier molecular flexibility index (Phi) is 12.1. The van der Waals surface area contributed by atoms with Crippen molar-refractivity contribution in [3.8, 4) is 5.75 Å². The molecule has 9 heteroatoms. The second-order valence-corrected chi connectivity index (χ2v) is 11.9. The zero-order chi connectivity index (χ0) is 32.5. The third-order valence-corrected chi connectivity index (χ3v) is 8.26. The van der Waals surface area contributed by atoms with Gasteiger partial charge in [0.05, 0.1) is 13.2 Å². The van der Waals surface area contributed by atoms with Crippen LogP contribution in [0.15, 0.2) is 54.6 Å². The number of hydrogen-bond donors (Lipinski definition) is 3. The highest BCUT2D eigenvalue weighted by molar-refractivity contribution is 6.00. The molecule has 0 fully saturated rings. The number of rotatable bonds is 14. The van der Waals surface area contributed by atoms with Crippen LogP contribution in [0.1, 0.15) is 88.5 Å². The van der Waals surface area contributed by atoms with Gasteiger partial charge in [0.15, 0.2) is 0 Å². The van der Waals surface area contributed by atoms with Crippen molar-refractivity contribution in [2.45, 2.75) is 77.5 Å². The van der Waals surface area contributed by atoms with E-state index in [-0.39, 0.29) is 24.9 Å². The van der Waals surface area contributed by atoms with Gasteiger partial charge in [0.2, 0.25) is 0 Å². The van der Waals surface area contributed by atoms with Crippen LogP contribution >= 0.6 is 0 Å². The fraction of sp³-hybridized carbons (Fsp3) is 0.444. The first-order valence-electron chi connectivity index (χ1n) is 15.9. The van der Waals surface area contributed by atoms with Crippen LogP contribution in [0, 0.1) is 18.6 Å². The Morgan fingerprint density at radius 3 is 2.36 bits per heavy atom. The van der Waals surface area contributed by atoms with Gasteiger partial charge in [-0.2, -0.15) is 0 Å². The molecule has 45 heavy (non-hydrogen) atoms. The average Bonchev–Trinajstić information content (AvgIpc) is 3.01. The largest absolute Gasteiger partial charge is 0.497 e. The van der Waals surface area contributed by atoms with E-state index in [4.69, 9.17) is 4.74 Å². The fourth-order valence-electron chi connectivity index (χ4n) is 6.14. The van der Waals surface area contributed by atoms with Crippen LogP contribution in [-0.4, -0.2) is 60.7 Å². The summed E-state index contributed by atoms with van der Waals surface area (Å²) in [6.07, 6.45) is 3.38. The molecule has 0 aromatic heterocycles. The molecular weight excluding hydrogens is 576 g/mol. The third-order valence-electron chi connectivity index (χ3n) is 8.26. The van der Waals surface area contributed by atoms with Crippen LogP contribution in [0.5, 0.6) is 5.75 Å². The second kappa shape index (κ2) is 16.0. The van der Waals surface area contributed by atoms with Crippen molar-refractivity contribution >= 4 is 11.8 Å². The van der Waals surface area contributed by atoms with Crippen LogP contribution in [0.2, 0.25) is 0 Å². The number of halogens is 2. The SMILES string of the molecule is CCCN(CCC)C(=O)c1cc(C)cc(C(=O)NC[C@@H](O)C(Cc2cc(F)cc(F)c2)N[C@H]2CCCc3ccc(OC)cc32)c1. The van der Waals surface area contributed by atoms with E-state index < -0.39 is 29.7 Å². The molecular formula is C36H45F2N3O4. The molecule has 3 atom stereocenters. The zero-order valence-electron chi connectivity index (χ0n) is 26.7. The first-order valence-corrected chi connectivity index (χ1v) is 15.9. The van der Waals surface area contributed by atoms with Gasteiger partial charge >= 0.3 is 0 Å². The van der Waals surface area contributed by atoms with Crippen molar-refractivity contribution in [2.75, 3.05) is 26.7 Å². The Bertz CT molecular complexity index is 1450. The van der Waals surface area contributed by atoms with E-state index in [2.05, 4.69) is 10.6 Å². The number of benzene rings is 3.